The average Bonchev–Trinajstić information content (AvgIpc) is 2.89. The van der Waals surface area contributed by atoms with E-state index >= 15 is 0 Å². The Hall–Kier alpha value is -0.400. The number of pyridine rings is 1. The molecule has 3 heterocycles. The molecule has 0 radical (unpaired) electrons. The van der Waals surface area contributed by atoms with Gasteiger partial charge in [-0.05, 0) is 25.5 Å². The quantitative estimate of drug-likeness (QED) is 0.774. The second kappa shape index (κ2) is 5.42. The molecule has 5 nitrogen and oxygen atoms in total. The van der Waals surface area contributed by atoms with Crippen LogP contribution in [0, 0.1) is 0 Å². The average molecular weight is 336 g/mol. The van der Waals surface area contributed by atoms with Crippen LogP contribution in [-0.2, 0) is 10.0 Å². The standard InChI is InChI=1S/C12H15Cl2N3O2S/c13-11-6-10(7-15-12(11)14)20(18,19)17-5-4-16-3-1-2-9(16)8-17/h6-7,9H,1-5,8H2. The fraction of sp³-hybridized carbons (Fsp3) is 0.583. The van der Waals surface area contributed by atoms with Crippen LogP contribution in [0.15, 0.2) is 17.2 Å². The summed E-state index contributed by atoms with van der Waals surface area (Å²) in [5.74, 6) is 0. The van der Waals surface area contributed by atoms with E-state index in [4.69, 9.17) is 23.2 Å². The molecule has 8 heteroatoms. The molecule has 1 aromatic rings. The zero-order valence-corrected chi connectivity index (χ0v) is 13.1. The van der Waals surface area contributed by atoms with Crippen molar-refractivity contribution in [3.05, 3.63) is 22.4 Å². The lowest BCUT2D eigenvalue weighted by Crippen LogP contribution is -2.51. The lowest BCUT2D eigenvalue weighted by molar-refractivity contribution is 0.158. The minimum atomic E-state index is -3.54. The summed E-state index contributed by atoms with van der Waals surface area (Å²) in [5.41, 5.74) is 0. The van der Waals surface area contributed by atoms with E-state index in [2.05, 4.69) is 9.88 Å². The Labute approximate surface area is 128 Å². The minimum Gasteiger partial charge on any atom is -0.298 e. The zero-order chi connectivity index (χ0) is 14.3. The van der Waals surface area contributed by atoms with E-state index in [0.29, 0.717) is 19.1 Å². The Balaban J connectivity index is 1.86. The molecule has 110 valence electrons. The van der Waals surface area contributed by atoms with Crippen LogP contribution in [0.4, 0.5) is 0 Å². The van der Waals surface area contributed by atoms with Crippen LogP contribution in [0.2, 0.25) is 10.2 Å². The predicted molar refractivity (Wildman–Crippen MR) is 77.6 cm³/mol. The third-order valence-corrected chi connectivity index (χ3v) is 6.48. The molecular formula is C12H15Cl2N3O2S. The summed E-state index contributed by atoms with van der Waals surface area (Å²) in [6.07, 6.45) is 3.48. The monoisotopic (exact) mass is 335 g/mol. The highest BCUT2D eigenvalue weighted by atomic mass is 35.5. The van der Waals surface area contributed by atoms with E-state index < -0.39 is 10.0 Å². The molecule has 0 aliphatic carbocycles. The summed E-state index contributed by atoms with van der Waals surface area (Å²) >= 11 is 11.6. The minimum absolute atomic E-state index is 0.110. The molecule has 0 bridgehead atoms. The Morgan fingerprint density at radius 2 is 2.05 bits per heavy atom. The Morgan fingerprint density at radius 3 is 2.80 bits per heavy atom. The maximum absolute atomic E-state index is 12.6. The highest BCUT2D eigenvalue weighted by Gasteiger charge is 2.36. The van der Waals surface area contributed by atoms with Crippen LogP contribution in [0.1, 0.15) is 12.8 Å². The van der Waals surface area contributed by atoms with E-state index in [1.165, 1.54) is 16.6 Å². The van der Waals surface area contributed by atoms with Gasteiger partial charge in [-0.3, -0.25) is 4.90 Å². The first-order valence-corrected chi connectivity index (χ1v) is 8.73. The van der Waals surface area contributed by atoms with Gasteiger partial charge in [0.25, 0.3) is 0 Å². The number of hydrogen-bond donors (Lipinski definition) is 0. The molecule has 2 aliphatic heterocycles. The van der Waals surface area contributed by atoms with Crippen LogP contribution in [0.25, 0.3) is 0 Å². The van der Waals surface area contributed by atoms with Crippen LogP contribution in [0.3, 0.4) is 0 Å². The van der Waals surface area contributed by atoms with Gasteiger partial charge in [-0.25, -0.2) is 13.4 Å². The SMILES string of the molecule is O=S(=O)(c1cnc(Cl)c(Cl)c1)N1CCN2CCCC2C1. The van der Waals surface area contributed by atoms with Gasteiger partial charge in [0.1, 0.15) is 10.0 Å². The molecule has 2 fully saturated rings. The van der Waals surface area contributed by atoms with E-state index in [1.807, 2.05) is 0 Å². The first-order chi connectivity index (χ1) is 9.48. The highest BCUT2D eigenvalue weighted by Crippen LogP contribution is 2.28. The smallest absolute Gasteiger partial charge is 0.244 e. The van der Waals surface area contributed by atoms with Crippen molar-refractivity contribution in [2.75, 3.05) is 26.2 Å². The van der Waals surface area contributed by atoms with E-state index in [-0.39, 0.29) is 15.1 Å². The number of sulfonamides is 1. The number of nitrogens with zero attached hydrogens (tertiary/aromatic N) is 3. The summed E-state index contributed by atoms with van der Waals surface area (Å²) in [4.78, 5) is 6.29. The van der Waals surface area contributed by atoms with E-state index in [9.17, 15) is 8.42 Å². The third kappa shape index (κ3) is 2.55. The van der Waals surface area contributed by atoms with Gasteiger partial charge in [0.05, 0.1) is 5.02 Å². The van der Waals surface area contributed by atoms with Crippen molar-refractivity contribution in [1.82, 2.24) is 14.2 Å². The largest absolute Gasteiger partial charge is 0.298 e. The molecule has 0 amide bonds. The maximum atomic E-state index is 12.6. The van der Waals surface area contributed by atoms with Crippen LogP contribution < -0.4 is 0 Å². The van der Waals surface area contributed by atoms with Crippen molar-refractivity contribution in [1.29, 1.82) is 0 Å². The maximum Gasteiger partial charge on any atom is 0.244 e. The van der Waals surface area contributed by atoms with Crippen molar-refractivity contribution in [3.63, 3.8) is 0 Å². The molecule has 0 spiro atoms. The van der Waals surface area contributed by atoms with Crippen LogP contribution in [0.5, 0.6) is 0 Å². The second-order valence-electron chi connectivity index (χ2n) is 5.14. The predicted octanol–water partition coefficient (Wildman–Crippen LogP) is 1.86. The molecule has 3 rings (SSSR count). The van der Waals surface area contributed by atoms with Crippen molar-refractivity contribution in [2.24, 2.45) is 0 Å². The molecule has 1 atom stereocenters. The molecular weight excluding hydrogens is 321 g/mol. The molecule has 2 saturated heterocycles. The molecule has 0 N–H and O–H groups in total. The Bertz CT molecular complexity index is 623. The van der Waals surface area contributed by atoms with Crippen molar-refractivity contribution in [2.45, 2.75) is 23.8 Å². The second-order valence-corrected chi connectivity index (χ2v) is 7.84. The summed E-state index contributed by atoms with van der Waals surface area (Å²) in [5, 5.41) is 0.276. The van der Waals surface area contributed by atoms with Crippen LogP contribution in [-0.4, -0.2) is 54.8 Å². The first kappa shape index (κ1) is 14.5. The van der Waals surface area contributed by atoms with Gasteiger partial charge < -0.3 is 0 Å². The number of rotatable bonds is 2. The van der Waals surface area contributed by atoms with Crippen molar-refractivity contribution >= 4 is 33.2 Å². The number of fused-ring (bicyclic) bond motifs is 1. The molecule has 20 heavy (non-hydrogen) atoms. The van der Waals surface area contributed by atoms with Gasteiger partial charge in [0, 0.05) is 31.9 Å². The third-order valence-electron chi connectivity index (χ3n) is 3.96. The van der Waals surface area contributed by atoms with Gasteiger partial charge in [-0.2, -0.15) is 4.31 Å². The highest BCUT2D eigenvalue weighted by molar-refractivity contribution is 7.89. The van der Waals surface area contributed by atoms with Gasteiger partial charge in [0.2, 0.25) is 10.0 Å². The summed E-state index contributed by atoms with van der Waals surface area (Å²) in [6, 6.07) is 1.71. The Kier molecular flexibility index (Phi) is 3.94. The number of piperazine rings is 1. The topological polar surface area (TPSA) is 53.5 Å². The van der Waals surface area contributed by atoms with E-state index in [1.54, 1.807) is 0 Å². The summed E-state index contributed by atoms with van der Waals surface area (Å²) in [7, 11) is -3.54. The summed E-state index contributed by atoms with van der Waals surface area (Å²) < 4.78 is 26.7. The zero-order valence-electron chi connectivity index (χ0n) is 10.8. The van der Waals surface area contributed by atoms with Gasteiger partial charge in [-0.15, -0.1) is 0 Å². The number of halogens is 2. The number of aromatic nitrogens is 1. The van der Waals surface area contributed by atoms with Crippen LogP contribution >= 0.6 is 23.2 Å². The van der Waals surface area contributed by atoms with Gasteiger partial charge >= 0.3 is 0 Å². The van der Waals surface area contributed by atoms with Crippen molar-refractivity contribution in [3.8, 4) is 0 Å². The molecule has 2 aliphatic rings. The molecule has 1 unspecified atom stereocenters. The Morgan fingerprint density at radius 1 is 1.25 bits per heavy atom. The summed E-state index contributed by atoms with van der Waals surface area (Å²) in [6.45, 7) is 2.92. The number of hydrogen-bond acceptors (Lipinski definition) is 4. The normalized spacial score (nSPS) is 24.8. The lowest BCUT2D eigenvalue weighted by Gasteiger charge is -2.36. The molecule has 1 aromatic heterocycles. The van der Waals surface area contributed by atoms with Gasteiger partial charge in [-0.1, -0.05) is 23.2 Å². The lowest BCUT2D eigenvalue weighted by atomic mass is 10.2. The first-order valence-electron chi connectivity index (χ1n) is 6.54. The van der Waals surface area contributed by atoms with Gasteiger partial charge in [0.15, 0.2) is 0 Å². The fourth-order valence-electron chi connectivity index (χ4n) is 2.87. The fourth-order valence-corrected chi connectivity index (χ4v) is 4.65. The molecule has 0 aromatic carbocycles. The van der Waals surface area contributed by atoms with E-state index in [0.717, 1.165) is 25.9 Å². The van der Waals surface area contributed by atoms with Crippen molar-refractivity contribution < 1.29 is 8.42 Å². The molecule has 0 saturated carbocycles.